The molecule has 1 aliphatic rings. The summed E-state index contributed by atoms with van der Waals surface area (Å²) in [7, 11) is 0. The van der Waals surface area contributed by atoms with E-state index in [-0.39, 0.29) is 18.7 Å². The maximum absolute atomic E-state index is 12.4. The summed E-state index contributed by atoms with van der Waals surface area (Å²) in [6, 6.07) is 13.6. The van der Waals surface area contributed by atoms with Crippen LogP contribution in [0, 0.1) is 0 Å². The van der Waals surface area contributed by atoms with Gasteiger partial charge in [-0.3, -0.25) is 4.79 Å². The third-order valence-corrected chi connectivity index (χ3v) is 5.52. The lowest BCUT2D eigenvalue weighted by Crippen LogP contribution is -2.28. The first-order chi connectivity index (χ1) is 13.2. The van der Waals surface area contributed by atoms with Crippen LogP contribution in [0.25, 0.3) is 11.0 Å². The highest BCUT2D eigenvalue weighted by atomic mass is 32.2. The molecule has 2 heterocycles. The lowest BCUT2D eigenvalue weighted by Gasteiger charge is -2.15. The van der Waals surface area contributed by atoms with Crippen molar-refractivity contribution in [3.63, 3.8) is 0 Å². The van der Waals surface area contributed by atoms with E-state index in [1.54, 1.807) is 0 Å². The predicted molar refractivity (Wildman–Crippen MR) is 105 cm³/mol. The van der Waals surface area contributed by atoms with Crippen molar-refractivity contribution in [1.29, 1.82) is 0 Å². The van der Waals surface area contributed by atoms with Gasteiger partial charge in [0.25, 0.3) is 0 Å². The van der Waals surface area contributed by atoms with Crippen molar-refractivity contribution in [3.8, 4) is 11.5 Å². The number of hydrogen-bond acceptors (Lipinski definition) is 5. The fourth-order valence-electron chi connectivity index (χ4n) is 3.15. The first-order valence-electron chi connectivity index (χ1n) is 8.92. The maximum atomic E-state index is 12.4. The fourth-order valence-corrected chi connectivity index (χ4v) is 4.04. The molecule has 140 valence electrons. The van der Waals surface area contributed by atoms with Crippen molar-refractivity contribution in [3.05, 3.63) is 48.0 Å². The summed E-state index contributed by atoms with van der Waals surface area (Å²) in [4.78, 5) is 17.1. The number of aryl methyl sites for hydroxylation is 1. The summed E-state index contributed by atoms with van der Waals surface area (Å²) < 4.78 is 12.9. The lowest BCUT2D eigenvalue weighted by molar-refractivity contribution is -0.119. The van der Waals surface area contributed by atoms with E-state index in [2.05, 4.69) is 27.9 Å². The Morgan fingerprint density at radius 3 is 2.93 bits per heavy atom. The van der Waals surface area contributed by atoms with Gasteiger partial charge in [0.2, 0.25) is 12.7 Å². The van der Waals surface area contributed by atoms with Gasteiger partial charge in [0.1, 0.15) is 0 Å². The van der Waals surface area contributed by atoms with Crippen molar-refractivity contribution < 1.29 is 14.3 Å². The van der Waals surface area contributed by atoms with Gasteiger partial charge in [-0.1, -0.05) is 30.0 Å². The molecule has 6 nitrogen and oxygen atoms in total. The quantitative estimate of drug-likeness (QED) is 0.657. The van der Waals surface area contributed by atoms with E-state index in [0.717, 1.165) is 39.8 Å². The van der Waals surface area contributed by atoms with Crippen LogP contribution >= 0.6 is 11.8 Å². The largest absolute Gasteiger partial charge is 0.454 e. The normalized spacial score (nSPS) is 13.7. The van der Waals surface area contributed by atoms with Gasteiger partial charge in [-0.15, -0.1) is 0 Å². The molecule has 0 radical (unpaired) electrons. The molecule has 1 aromatic heterocycles. The number of benzene rings is 2. The number of imidazole rings is 1. The minimum absolute atomic E-state index is 0.0279. The number of nitrogens with one attached hydrogen (secondary N) is 1. The van der Waals surface area contributed by atoms with Gasteiger partial charge in [-0.2, -0.15) is 0 Å². The number of thioether (sulfide) groups is 1. The number of hydrogen-bond donors (Lipinski definition) is 1. The molecule has 3 aromatic rings. The van der Waals surface area contributed by atoms with E-state index in [0.29, 0.717) is 5.75 Å². The average molecular weight is 383 g/mol. The molecule has 1 unspecified atom stereocenters. The van der Waals surface area contributed by atoms with Gasteiger partial charge >= 0.3 is 0 Å². The molecule has 0 saturated heterocycles. The van der Waals surface area contributed by atoms with Crippen LogP contribution in [-0.2, 0) is 11.3 Å². The van der Waals surface area contributed by atoms with Crippen LogP contribution in [0.4, 0.5) is 0 Å². The molecule has 2 aromatic carbocycles. The summed E-state index contributed by atoms with van der Waals surface area (Å²) in [6.07, 6.45) is 0. The number of carbonyl (C=O) groups is 1. The smallest absolute Gasteiger partial charge is 0.231 e. The van der Waals surface area contributed by atoms with Crippen molar-refractivity contribution in [2.45, 2.75) is 31.6 Å². The zero-order valence-electron chi connectivity index (χ0n) is 15.3. The molecule has 0 bridgehead atoms. The second-order valence-electron chi connectivity index (χ2n) is 6.32. The topological polar surface area (TPSA) is 65.4 Å². The zero-order valence-corrected chi connectivity index (χ0v) is 16.1. The van der Waals surface area contributed by atoms with E-state index in [4.69, 9.17) is 9.47 Å². The summed E-state index contributed by atoms with van der Waals surface area (Å²) >= 11 is 1.46. The van der Waals surface area contributed by atoms with E-state index < -0.39 is 0 Å². The summed E-state index contributed by atoms with van der Waals surface area (Å²) in [5.74, 6) is 1.75. The van der Waals surface area contributed by atoms with Gasteiger partial charge in [0, 0.05) is 6.54 Å². The average Bonchev–Trinajstić information content (AvgIpc) is 3.29. The van der Waals surface area contributed by atoms with Crippen LogP contribution < -0.4 is 14.8 Å². The third-order valence-electron chi connectivity index (χ3n) is 4.54. The van der Waals surface area contributed by atoms with E-state index >= 15 is 0 Å². The molecule has 4 rings (SSSR count). The number of carbonyl (C=O) groups excluding carboxylic acids is 1. The van der Waals surface area contributed by atoms with Gasteiger partial charge in [0.15, 0.2) is 16.7 Å². The van der Waals surface area contributed by atoms with Gasteiger partial charge < -0.3 is 19.4 Å². The van der Waals surface area contributed by atoms with Gasteiger partial charge in [-0.25, -0.2) is 4.98 Å². The lowest BCUT2D eigenvalue weighted by atomic mass is 10.1. The number of rotatable bonds is 6. The second kappa shape index (κ2) is 7.52. The van der Waals surface area contributed by atoms with Crippen LogP contribution in [0.15, 0.2) is 47.6 Å². The molecule has 0 saturated carbocycles. The predicted octanol–water partition coefficient (Wildman–Crippen LogP) is 3.75. The summed E-state index contributed by atoms with van der Waals surface area (Å²) in [5.41, 5.74) is 3.03. The second-order valence-corrected chi connectivity index (χ2v) is 7.26. The standard InChI is InChI=1S/C20H21N3O3S/c1-3-23-16-7-5-4-6-15(16)22-20(23)27-11-19(24)21-13(2)14-8-9-17-18(10-14)26-12-25-17/h4-10,13H,3,11-12H2,1-2H3,(H,21,24). The van der Waals surface area contributed by atoms with Crippen molar-refractivity contribution >= 4 is 28.7 Å². The summed E-state index contributed by atoms with van der Waals surface area (Å²) in [6.45, 7) is 5.11. The minimum Gasteiger partial charge on any atom is -0.454 e. The fraction of sp³-hybridized carbons (Fsp3) is 0.300. The molecule has 1 atom stereocenters. The first-order valence-corrected chi connectivity index (χ1v) is 9.91. The Labute approximate surface area is 161 Å². The molecule has 0 aliphatic carbocycles. The van der Waals surface area contributed by atoms with Crippen molar-refractivity contribution in [1.82, 2.24) is 14.9 Å². The monoisotopic (exact) mass is 383 g/mol. The van der Waals surface area contributed by atoms with Crippen molar-refractivity contribution in [2.75, 3.05) is 12.5 Å². The maximum Gasteiger partial charge on any atom is 0.231 e. The SMILES string of the molecule is CCn1c(SCC(=O)NC(C)c2ccc3c(c2)OCO3)nc2ccccc21. The number of para-hydroxylation sites is 2. The Bertz CT molecular complexity index is 986. The Kier molecular flexibility index (Phi) is 4.94. The Balaban J connectivity index is 1.40. The third kappa shape index (κ3) is 3.60. The molecule has 0 fully saturated rings. The number of amides is 1. The number of fused-ring (bicyclic) bond motifs is 2. The molecule has 27 heavy (non-hydrogen) atoms. The highest BCUT2D eigenvalue weighted by molar-refractivity contribution is 7.99. The van der Waals surface area contributed by atoms with E-state index in [1.807, 2.05) is 43.3 Å². The molecular weight excluding hydrogens is 362 g/mol. The van der Waals surface area contributed by atoms with Crippen LogP contribution in [0.5, 0.6) is 11.5 Å². The molecule has 7 heteroatoms. The zero-order chi connectivity index (χ0) is 18.8. The minimum atomic E-state index is -0.113. The Morgan fingerprint density at radius 1 is 1.26 bits per heavy atom. The van der Waals surface area contributed by atoms with Crippen LogP contribution in [-0.4, -0.2) is 28.0 Å². The molecule has 1 aliphatic heterocycles. The van der Waals surface area contributed by atoms with Gasteiger partial charge in [-0.05, 0) is 43.7 Å². The highest BCUT2D eigenvalue weighted by Gasteiger charge is 2.17. The Hall–Kier alpha value is -2.67. The van der Waals surface area contributed by atoms with Crippen LogP contribution in [0.3, 0.4) is 0 Å². The first kappa shape index (κ1) is 17.7. The molecule has 1 amide bonds. The molecular formula is C20H21N3O3S. The Morgan fingerprint density at radius 2 is 2.07 bits per heavy atom. The molecule has 1 N–H and O–H groups in total. The van der Waals surface area contributed by atoms with E-state index in [1.165, 1.54) is 11.8 Å². The highest BCUT2D eigenvalue weighted by Crippen LogP contribution is 2.34. The van der Waals surface area contributed by atoms with Crippen LogP contribution in [0.1, 0.15) is 25.5 Å². The number of ether oxygens (including phenoxy) is 2. The molecule has 0 spiro atoms. The van der Waals surface area contributed by atoms with E-state index in [9.17, 15) is 4.79 Å². The van der Waals surface area contributed by atoms with Crippen molar-refractivity contribution in [2.24, 2.45) is 0 Å². The summed E-state index contributed by atoms with van der Waals surface area (Å²) in [5, 5.41) is 3.90. The van der Waals surface area contributed by atoms with Gasteiger partial charge in [0.05, 0.1) is 22.8 Å². The number of aromatic nitrogens is 2. The van der Waals surface area contributed by atoms with Crippen LogP contribution in [0.2, 0.25) is 0 Å². The number of nitrogens with zero attached hydrogens (tertiary/aromatic N) is 2.